The van der Waals surface area contributed by atoms with E-state index in [1.54, 1.807) is 0 Å². The molecule has 0 saturated heterocycles. The third kappa shape index (κ3) is 3.34. The molecule has 1 aliphatic heterocycles. The fourth-order valence-electron chi connectivity index (χ4n) is 1.94. The quantitative estimate of drug-likeness (QED) is 0.764. The minimum absolute atomic E-state index is 0.546. The zero-order valence-corrected chi connectivity index (χ0v) is 12.6. The van der Waals surface area contributed by atoms with Crippen molar-refractivity contribution >= 4 is 25.1 Å². The first-order chi connectivity index (χ1) is 6.79. The van der Waals surface area contributed by atoms with Crippen LogP contribution in [0.25, 0.3) is 0 Å². The number of hydrogen-bond donors (Lipinski definition) is 0. The zero-order chi connectivity index (χ0) is 10.4. The second-order valence-corrected chi connectivity index (χ2v) is 11.6. The predicted octanol–water partition coefficient (Wildman–Crippen LogP) is 2.80. The van der Waals surface area contributed by atoms with Crippen LogP contribution in [0.4, 0.5) is 4.79 Å². The van der Waals surface area contributed by atoms with Gasteiger partial charge in [0.2, 0.25) is 0 Å². The molecule has 2 nitrogen and oxygen atoms in total. The molecule has 1 heterocycles. The Morgan fingerprint density at radius 3 is 2.43 bits per heavy atom. The summed E-state index contributed by atoms with van der Waals surface area (Å²) in [6, 6.07) is 0. The van der Waals surface area contributed by atoms with Crippen LogP contribution < -0.4 is 0 Å². The van der Waals surface area contributed by atoms with Crippen LogP contribution in [0.3, 0.4) is 0 Å². The summed E-state index contributed by atoms with van der Waals surface area (Å²) in [6.07, 6.45) is 5.56. The van der Waals surface area contributed by atoms with Gasteiger partial charge in [-0.1, -0.05) is 0 Å². The normalized spacial score (nSPS) is 14.9. The third-order valence-corrected chi connectivity index (χ3v) is 10.3. The van der Waals surface area contributed by atoms with Gasteiger partial charge in [0.25, 0.3) is 0 Å². The molecular weight excluding hydrogens is 277 g/mol. The number of rotatable bonds is 5. The molecule has 0 saturated carbocycles. The van der Waals surface area contributed by atoms with E-state index in [1.807, 2.05) is 0 Å². The molecule has 0 N–H and O–H groups in total. The van der Waals surface area contributed by atoms with Crippen molar-refractivity contribution in [2.24, 2.45) is 0 Å². The SMILES string of the molecule is CCCN(CCC)[C](=O)[In]1[CH]=CC[CH2]1. The molecule has 0 aromatic carbocycles. The molecule has 0 atom stereocenters. The van der Waals surface area contributed by atoms with Gasteiger partial charge in [0, 0.05) is 0 Å². The molecule has 0 bridgehead atoms. The van der Waals surface area contributed by atoms with Crippen LogP contribution in [0, 0.1) is 0 Å². The van der Waals surface area contributed by atoms with Crippen molar-refractivity contribution in [3.63, 3.8) is 0 Å². The van der Waals surface area contributed by atoms with Crippen molar-refractivity contribution in [1.29, 1.82) is 0 Å². The Balaban J connectivity index is 2.48. The Bertz CT molecular complexity index is 209. The van der Waals surface area contributed by atoms with Crippen molar-refractivity contribution in [1.82, 2.24) is 4.90 Å². The summed E-state index contributed by atoms with van der Waals surface area (Å²) >= 11 is -1.89. The molecule has 1 aliphatic rings. The van der Waals surface area contributed by atoms with Crippen molar-refractivity contribution < 1.29 is 4.79 Å². The van der Waals surface area contributed by atoms with Crippen molar-refractivity contribution in [3.8, 4) is 0 Å². The Hall–Kier alpha value is 0.0801. The van der Waals surface area contributed by atoms with Crippen LogP contribution in [-0.4, -0.2) is 43.1 Å². The van der Waals surface area contributed by atoms with E-state index in [-0.39, 0.29) is 0 Å². The Labute approximate surface area is 94.9 Å². The molecule has 14 heavy (non-hydrogen) atoms. The van der Waals surface area contributed by atoms with Crippen LogP contribution in [0.2, 0.25) is 4.18 Å². The molecule has 0 unspecified atom stereocenters. The first-order valence-corrected chi connectivity index (χ1v) is 11.6. The van der Waals surface area contributed by atoms with Crippen LogP contribution in [0.15, 0.2) is 9.91 Å². The number of hydrogen-bond acceptors (Lipinski definition) is 1. The molecule has 0 aromatic rings. The molecule has 1 rings (SSSR count). The monoisotopic (exact) mass is 297 g/mol. The van der Waals surface area contributed by atoms with E-state index in [4.69, 9.17) is 0 Å². The molecule has 0 aromatic heterocycles. The van der Waals surface area contributed by atoms with Gasteiger partial charge in [-0.15, -0.1) is 0 Å². The molecule has 0 aliphatic carbocycles. The van der Waals surface area contributed by atoms with Gasteiger partial charge in [0.15, 0.2) is 0 Å². The first kappa shape index (κ1) is 12.2. The van der Waals surface area contributed by atoms with E-state index in [1.165, 1.54) is 10.6 Å². The van der Waals surface area contributed by atoms with E-state index in [9.17, 15) is 4.79 Å². The molecule has 0 radical (unpaired) electrons. The van der Waals surface area contributed by atoms with E-state index in [0.717, 1.165) is 25.9 Å². The van der Waals surface area contributed by atoms with E-state index >= 15 is 0 Å². The second kappa shape index (κ2) is 6.54. The molecular formula is C11H20InNO. The van der Waals surface area contributed by atoms with Crippen molar-refractivity contribution in [3.05, 3.63) is 9.91 Å². The minimum atomic E-state index is -1.89. The number of allylic oxidation sites excluding steroid dienone is 1. The molecule has 3 heteroatoms. The third-order valence-electron chi connectivity index (χ3n) is 2.63. The number of amides is 1. The fraction of sp³-hybridized carbons (Fsp3) is 0.727. The Morgan fingerprint density at radius 1 is 1.36 bits per heavy atom. The summed E-state index contributed by atoms with van der Waals surface area (Å²) < 4.78 is 4.05. The van der Waals surface area contributed by atoms with Gasteiger partial charge >= 0.3 is 95.1 Å². The van der Waals surface area contributed by atoms with Crippen LogP contribution in [-0.2, 0) is 0 Å². The first-order valence-electron chi connectivity index (χ1n) is 5.75. The van der Waals surface area contributed by atoms with Crippen LogP contribution >= 0.6 is 0 Å². The standard InChI is InChI=1S/C7H14NO.C4H6.In/c1-3-5-8(7-9)6-4-2;1-3-4-2;/h3-6H2,1-2H3;1,3H,2,4H2;. The maximum absolute atomic E-state index is 12.1. The Morgan fingerprint density at radius 2 is 2.00 bits per heavy atom. The van der Waals surface area contributed by atoms with Gasteiger partial charge in [-0.2, -0.15) is 0 Å². The van der Waals surface area contributed by atoms with E-state index in [0.29, 0.717) is 3.66 Å². The summed E-state index contributed by atoms with van der Waals surface area (Å²) in [5.41, 5.74) is 0. The van der Waals surface area contributed by atoms with Gasteiger partial charge in [-0.05, 0) is 0 Å². The zero-order valence-electron chi connectivity index (χ0n) is 9.33. The van der Waals surface area contributed by atoms with Crippen molar-refractivity contribution in [2.45, 2.75) is 37.3 Å². The molecule has 0 fully saturated rings. The van der Waals surface area contributed by atoms with Crippen molar-refractivity contribution in [2.75, 3.05) is 13.1 Å². The molecule has 0 spiro atoms. The summed E-state index contributed by atoms with van der Waals surface area (Å²) in [4.78, 5) is 14.2. The van der Waals surface area contributed by atoms with Gasteiger partial charge in [0.05, 0.1) is 0 Å². The Kier molecular flexibility index (Phi) is 5.68. The van der Waals surface area contributed by atoms with E-state index < -0.39 is 21.4 Å². The number of carbonyl (C=O) groups excluding carboxylic acids is 1. The average molecular weight is 297 g/mol. The summed E-state index contributed by atoms with van der Waals surface area (Å²) in [6.45, 7) is 6.23. The topological polar surface area (TPSA) is 20.3 Å². The van der Waals surface area contributed by atoms with Crippen LogP contribution in [0.5, 0.6) is 0 Å². The van der Waals surface area contributed by atoms with Gasteiger partial charge in [-0.25, -0.2) is 0 Å². The summed E-state index contributed by atoms with van der Waals surface area (Å²) in [7, 11) is 0. The van der Waals surface area contributed by atoms with E-state index in [2.05, 4.69) is 28.7 Å². The molecule has 78 valence electrons. The predicted molar refractivity (Wildman–Crippen MR) is 61.9 cm³/mol. The van der Waals surface area contributed by atoms with Gasteiger partial charge in [-0.3, -0.25) is 0 Å². The second-order valence-electron chi connectivity index (χ2n) is 3.94. The number of carbonyl (C=O) groups is 1. The average Bonchev–Trinajstić information content (AvgIpc) is 2.69. The maximum atomic E-state index is 12.1. The van der Waals surface area contributed by atoms with Gasteiger partial charge in [0.1, 0.15) is 0 Å². The summed E-state index contributed by atoms with van der Waals surface area (Å²) in [5.74, 6) is 0. The summed E-state index contributed by atoms with van der Waals surface area (Å²) in [5, 5.41) is 0. The van der Waals surface area contributed by atoms with Crippen LogP contribution in [0.1, 0.15) is 33.1 Å². The van der Waals surface area contributed by atoms with Gasteiger partial charge < -0.3 is 0 Å². The molecule has 1 amide bonds. The fourth-order valence-corrected chi connectivity index (χ4v) is 8.81. The number of nitrogens with zero attached hydrogens (tertiary/aromatic N) is 1.